The van der Waals surface area contributed by atoms with Crippen molar-refractivity contribution in [1.29, 1.82) is 0 Å². The number of β-lactam (4-membered cyclic amide) rings is 1. The Bertz CT molecular complexity index is 1220. The maximum absolute atomic E-state index is 12.6. The Labute approximate surface area is 219 Å². The van der Waals surface area contributed by atoms with Crippen molar-refractivity contribution < 1.29 is 19.8 Å². The monoisotopic (exact) mass is 527 g/mol. The van der Waals surface area contributed by atoms with Gasteiger partial charge in [0.15, 0.2) is 0 Å². The first kappa shape index (κ1) is 25.4. The molecule has 1 amide bonds. The normalized spacial score (nSPS) is 28.5. The van der Waals surface area contributed by atoms with Gasteiger partial charge in [-0.1, -0.05) is 31.2 Å². The van der Waals surface area contributed by atoms with Crippen molar-refractivity contribution in [3.8, 4) is 0 Å². The lowest BCUT2D eigenvalue weighted by Gasteiger charge is -2.45. The fourth-order valence-electron chi connectivity index (χ4n) is 5.80. The van der Waals surface area contributed by atoms with Crippen LogP contribution in [0.5, 0.6) is 0 Å². The van der Waals surface area contributed by atoms with Crippen LogP contribution in [0.4, 0.5) is 5.69 Å². The van der Waals surface area contributed by atoms with Crippen LogP contribution in [0.2, 0.25) is 0 Å². The molecule has 0 spiro atoms. The maximum Gasteiger partial charge on any atom is 0.353 e. The summed E-state index contributed by atoms with van der Waals surface area (Å²) >= 11 is 3.54. The highest BCUT2D eigenvalue weighted by Crippen LogP contribution is 2.51. The number of aliphatic carboxylic acids is 1. The second-order valence-corrected chi connectivity index (χ2v) is 12.7. The number of rotatable bonds is 9. The molecule has 9 heteroatoms. The van der Waals surface area contributed by atoms with Crippen molar-refractivity contribution >= 4 is 51.9 Å². The molecule has 1 unspecified atom stereocenters. The van der Waals surface area contributed by atoms with Crippen LogP contribution in [0.25, 0.3) is 10.8 Å². The summed E-state index contributed by atoms with van der Waals surface area (Å²) in [7, 11) is 0. The smallest absolute Gasteiger partial charge is 0.353 e. The van der Waals surface area contributed by atoms with E-state index in [4.69, 9.17) is 5.73 Å². The zero-order valence-corrected chi connectivity index (χ0v) is 22.1. The molecule has 7 nitrogen and oxygen atoms in total. The van der Waals surface area contributed by atoms with Crippen molar-refractivity contribution in [2.75, 3.05) is 24.6 Å². The Balaban J connectivity index is 1.19. The van der Waals surface area contributed by atoms with Crippen LogP contribution in [0.1, 0.15) is 37.5 Å². The first-order valence-electron chi connectivity index (χ1n) is 12.5. The van der Waals surface area contributed by atoms with Crippen molar-refractivity contribution in [3.63, 3.8) is 0 Å². The van der Waals surface area contributed by atoms with Crippen LogP contribution < -0.4 is 11.1 Å². The second-order valence-electron chi connectivity index (χ2n) is 10.0. The van der Waals surface area contributed by atoms with Gasteiger partial charge in [-0.25, -0.2) is 4.79 Å². The number of amides is 1. The summed E-state index contributed by atoms with van der Waals surface area (Å²) in [6.45, 7) is 4.99. The highest BCUT2D eigenvalue weighted by Gasteiger charge is 2.58. The summed E-state index contributed by atoms with van der Waals surface area (Å²) in [4.78, 5) is 26.9. The number of nitrogen functional groups attached to an aromatic ring is 1. The number of benzene rings is 2. The Kier molecular flexibility index (Phi) is 7.27. The van der Waals surface area contributed by atoms with Gasteiger partial charge in [-0.15, -0.1) is 11.8 Å². The van der Waals surface area contributed by atoms with E-state index in [2.05, 4.69) is 36.5 Å². The van der Waals surface area contributed by atoms with Gasteiger partial charge in [0.1, 0.15) is 5.70 Å². The summed E-state index contributed by atoms with van der Waals surface area (Å²) in [6, 6.07) is 12.7. The van der Waals surface area contributed by atoms with Gasteiger partial charge in [-0.3, -0.25) is 4.79 Å². The van der Waals surface area contributed by atoms with E-state index >= 15 is 0 Å². The molecule has 2 saturated heterocycles. The number of carbonyl (C=O) groups is 2. The van der Waals surface area contributed by atoms with Gasteiger partial charge in [0.25, 0.3) is 0 Å². The van der Waals surface area contributed by atoms with Crippen molar-refractivity contribution in [1.82, 2.24) is 10.2 Å². The molecule has 36 heavy (non-hydrogen) atoms. The zero-order valence-electron chi connectivity index (χ0n) is 20.5. The molecule has 0 aliphatic carbocycles. The van der Waals surface area contributed by atoms with E-state index in [9.17, 15) is 19.8 Å². The Morgan fingerprint density at radius 2 is 2.11 bits per heavy atom. The third-order valence-electron chi connectivity index (χ3n) is 7.74. The molecule has 5 rings (SSSR count). The van der Waals surface area contributed by atoms with E-state index in [0.29, 0.717) is 17.7 Å². The van der Waals surface area contributed by atoms with E-state index < -0.39 is 5.97 Å². The minimum absolute atomic E-state index is 0.0239. The lowest BCUT2D eigenvalue weighted by atomic mass is 9.80. The first-order valence-corrected chi connectivity index (χ1v) is 14.4. The summed E-state index contributed by atoms with van der Waals surface area (Å²) in [6.07, 6.45) is 1.35. The van der Waals surface area contributed by atoms with Crippen molar-refractivity contribution in [2.45, 2.75) is 49.3 Å². The number of aliphatic hydroxyl groups is 1. The molecule has 2 aromatic rings. The maximum atomic E-state index is 12.6. The number of hydrogen-bond acceptors (Lipinski definition) is 7. The number of carbonyl (C=O) groups excluding carboxylic acids is 1. The predicted octanol–water partition coefficient (Wildman–Crippen LogP) is 3.84. The van der Waals surface area contributed by atoms with Crippen LogP contribution in [-0.4, -0.2) is 63.2 Å². The zero-order chi connectivity index (χ0) is 25.6. The predicted molar refractivity (Wildman–Crippen MR) is 147 cm³/mol. The number of nitrogens with one attached hydrogen (secondary N) is 1. The highest BCUT2D eigenvalue weighted by atomic mass is 32.2. The Morgan fingerprint density at radius 3 is 2.86 bits per heavy atom. The second kappa shape index (κ2) is 10.3. The third kappa shape index (κ3) is 4.51. The van der Waals surface area contributed by atoms with Crippen LogP contribution >= 0.6 is 23.5 Å². The lowest BCUT2D eigenvalue weighted by molar-refractivity contribution is -0.157. The largest absolute Gasteiger partial charge is 0.477 e. The minimum Gasteiger partial charge on any atom is -0.477 e. The lowest BCUT2D eigenvalue weighted by Crippen LogP contribution is -2.60. The number of thioether (sulfide) groups is 2. The fourth-order valence-corrected chi connectivity index (χ4v) is 8.43. The molecule has 2 aromatic carbocycles. The standard InChI is InChI=1S/C27H33N3O4S2/c1-14-23-20(8-9-31)26(32)30(23)24(27(33)34)25(14)36-19-11-18(29-12-19)13-35-15(2)17-7-6-16-4-3-5-22(28)21(16)10-17/h3-7,10,14-15,18-20,23,29,31H,8-9,11-13,28H2,1-2H3,(H,33,34)/t14-,15?,18+,19+,20+,23-/m1/s1. The quantitative estimate of drug-likeness (QED) is 0.287. The van der Waals surface area contributed by atoms with Gasteiger partial charge < -0.3 is 26.2 Å². The van der Waals surface area contributed by atoms with Gasteiger partial charge >= 0.3 is 5.97 Å². The van der Waals surface area contributed by atoms with Crippen molar-refractivity contribution in [3.05, 3.63) is 52.6 Å². The Hall–Kier alpha value is -2.20. The van der Waals surface area contributed by atoms with Crippen LogP contribution in [0, 0.1) is 11.8 Å². The average molecular weight is 528 g/mol. The number of anilines is 1. The van der Waals surface area contributed by atoms with Gasteiger partial charge in [0.05, 0.1) is 12.0 Å². The molecule has 3 aliphatic rings. The van der Waals surface area contributed by atoms with Gasteiger partial charge in [0, 0.05) is 57.3 Å². The number of fused-ring (bicyclic) bond motifs is 2. The Morgan fingerprint density at radius 1 is 1.31 bits per heavy atom. The van der Waals surface area contributed by atoms with E-state index in [0.717, 1.165) is 40.1 Å². The molecule has 0 aromatic heterocycles. The number of carboxylic acids is 1. The molecule has 0 bridgehead atoms. The molecule has 0 radical (unpaired) electrons. The third-order valence-corrected chi connectivity index (χ3v) is 10.6. The summed E-state index contributed by atoms with van der Waals surface area (Å²) < 4.78 is 0. The molecule has 5 N–H and O–H groups in total. The number of hydrogen-bond donors (Lipinski definition) is 4. The molecule has 0 saturated carbocycles. The average Bonchev–Trinajstić information content (AvgIpc) is 3.42. The molecular weight excluding hydrogens is 494 g/mol. The first-order chi connectivity index (χ1) is 17.3. The summed E-state index contributed by atoms with van der Waals surface area (Å²) in [5, 5.41) is 25.7. The van der Waals surface area contributed by atoms with E-state index in [1.165, 1.54) is 10.5 Å². The number of aliphatic hydroxyl groups excluding tert-OH is 1. The van der Waals surface area contributed by atoms with Gasteiger partial charge in [-0.05, 0) is 42.8 Å². The molecule has 192 valence electrons. The molecule has 6 atom stereocenters. The minimum atomic E-state index is -1.04. The van der Waals surface area contributed by atoms with Gasteiger partial charge in [-0.2, -0.15) is 11.8 Å². The fraction of sp³-hybridized carbons (Fsp3) is 0.481. The summed E-state index contributed by atoms with van der Waals surface area (Å²) in [5.74, 6) is -0.547. The highest BCUT2D eigenvalue weighted by molar-refractivity contribution is 8.03. The molecule has 2 fully saturated rings. The topological polar surface area (TPSA) is 116 Å². The number of nitrogens with zero attached hydrogens (tertiary/aromatic N) is 1. The van der Waals surface area contributed by atoms with Crippen LogP contribution in [0.15, 0.2) is 47.0 Å². The van der Waals surface area contributed by atoms with Crippen LogP contribution in [0.3, 0.4) is 0 Å². The van der Waals surface area contributed by atoms with E-state index in [-0.39, 0.29) is 41.3 Å². The van der Waals surface area contributed by atoms with Crippen molar-refractivity contribution in [2.24, 2.45) is 11.8 Å². The van der Waals surface area contributed by atoms with E-state index in [1.54, 1.807) is 11.8 Å². The SMILES string of the molecule is CC(SC[C@@H]1C[C@H](SC2=C(C(=O)O)N3C(=O)[C@@H](CCO)[C@H]3[C@H]2C)CN1)c1ccc2cccc(N)c2c1. The summed E-state index contributed by atoms with van der Waals surface area (Å²) in [5.41, 5.74) is 8.39. The molecular formula is C27H33N3O4S2. The van der Waals surface area contributed by atoms with Crippen LogP contribution in [-0.2, 0) is 9.59 Å². The van der Waals surface area contributed by atoms with E-state index in [1.807, 2.05) is 30.8 Å². The number of carboxylic acid groups (broad SMARTS) is 1. The number of nitrogens with two attached hydrogens (primary N) is 1. The van der Waals surface area contributed by atoms with Gasteiger partial charge in [0.2, 0.25) is 5.91 Å². The molecule has 3 heterocycles. The molecule has 3 aliphatic heterocycles.